The number of nitrogens with one attached hydrogen (secondary N) is 1. The van der Waals surface area contributed by atoms with Crippen LogP contribution in [0, 0.1) is 20.8 Å². The van der Waals surface area contributed by atoms with Crippen molar-refractivity contribution in [1.82, 2.24) is 0 Å². The van der Waals surface area contributed by atoms with Crippen LogP contribution < -0.4 is 10.5 Å². The lowest BCUT2D eigenvalue weighted by Crippen LogP contribution is -2.18. The zero-order chi connectivity index (χ0) is 17.4. The summed E-state index contributed by atoms with van der Waals surface area (Å²) >= 11 is 3.40. The second-order valence-electron chi connectivity index (χ2n) is 5.38. The molecule has 0 radical (unpaired) electrons. The van der Waals surface area contributed by atoms with E-state index < -0.39 is 10.0 Å². The van der Waals surface area contributed by atoms with Crippen LogP contribution in [0.15, 0.2) is 39.7 Å². The number of hydrogen-bond donors (Lipinski definition) is 2. The number of amides is 1. The van der Waals surface area contributed by atoms with Crippen molar-refractivity contribution in [2.75, 3.05) is 5.32 Å². The molecule has 0 bridgehead atoms. The zero-order valence-corrected chi connectivity index (χ0v) is 15.4. The van der Waals surface area contributed by atoms with Gasteiger partial charge in [-0.1, -0.05) is 15.9 Å². The molecule has 0 saturated heterocycles. The Bertz CT molecular complexity index is 892. The summed E-state index contributed by atoms with van der Waals surface area (Å²) in [5.74, 6) is -0.389. The van der Waals surface area contributed by atoms with Gasteiger partial charge in [-0.05, 0) is 67.8 Å². The van der Waals surface area contributed by atoms with Gasteiger partial charge in [0.15, 0.2) is 0 Å². The van der Waals surface area contributed by atoms with Gasteiger partial charge >= 0.3 is 0 Å². The summed E-state index contributed by atoms with van der Waals surface area (Å²) in [6.07, 6.45) is 0. The van der Waals surface area contributed by atoms with Crippen molar-refractivity contribution >= 4 is 37.5 Å². The number of rotatable bonds is 3. The summed E-state index contributed by atoms with van der Waals surface area (Å²) in [4.78, 5) is 12.4. The minimum Gasteiger partial charge on any atom is -0.322 e. The SMILES string of the molecule is Cc1cc(NC(=O)c2cc(C)c(C)c(S(N)(=O)=O)c2)ccc1Br. The largest absolute Gasteiger partial charge is 0.322 e. The Morgan fingerprint density at radius 1 is 1.09 bits per heavy atom. The first-order valence-electron chi connectivity index (χ1n) is 6.81. The first kappa shape index (κ1) is 17.7. The highest BCUT2D eigenvalue weighted by Gasteiger charge is 2.17. The first-order valence-corrected chi connectivity index (χ1v) is 9.15. The molecule has 7 heteroatoms. The third-order valence-corrected chi connectivity index (χ3v) is 5.53. The van der Waals surface area contributed by atoms with Gasteiger partial charge in [-0.15, -0.1) is 0 Å². The van der Waals surface area contributed by atoms with Crippen LogP contribution in [0.2, 0.25) is 0 Å². The van der Waals surface area contributed by atoms with Crippen molar-refractivity contribution in [3.63, 3.8) is 0 Å². The summed E-state index contributed by atoms with van der Waals surface area (Å²) in [6.45, 7) is 5.31. The van der Waals surface area contributed by atoms with Crippen LogP contribution in [0.5, 0.6) is 0 Å². The Hall–Kier alpha value is -1.70. The normalized spacial score (nSPS) is 11.3. The molecule has 0 aliphatic carbocycles. The predicted octanol–water partition coefficient (Wildman–Crippen LogP) is 3.27. The molecule has 23 heavy (non-hydrogen) atoms. The smallest absolute Gasteiger partial charge is 0.255 e. The second-order valence-corrected chi connectivity index (χ2v) is 7.76. The fourth-order valence-corrected chi connectivity index (χ4v) is 3.30. The van der Waals surface area contributed by atoms with Crippen LogP contribution in [0.25, 0.3) is 0 Å². The molecule has 0 atom stereocenters. The van der Waals surface area contributed by atoms with E-state index in [1.165, 1.54) is 6.07 Å². The number of primary sulfonamides is 1. The number of aryl methyl sites for hydroxylation is 2. The van der Waals surface area contributed by atoms with E-state index in [-0.39, 0.29) is 16.4 Å². The summed E-state index contributed by atoms with van der Waals surface area (Å²) in [5.41, 5.74) is 3.09. The zero-order valence-electron chi connectivity index (χ0n) is 13.0. The summed E-state index contributed by atoms with van der Waals surface area (Å²) in [5, 5.41) is 7.98. The van der Waals surface area contributed by atoms with E-state index in [1.54, 1.807) is 26.0 Å². The maximum absolute atomic E-state index is 12.4. The van der Waals surface area contributed by atoms with E-state index in [9.17, 15) is 13.2 Å². The molecule has 3 N–H and O–H groups in total. The number of nitrogens with two attached hydrogens (primary N) is 1. The third kappa shape index (κ3) is 3.99. The molecule has 1 amide bonds. The van der Waals surface area contributed by atoms with E-state index in [2.05, 4.69) is 21.2 Å². The average Bonchev–Trinajstić information content (AvgIpc) is 2.44. The highest BCUT2D eigenvalue weighted by Crippen LogP contribution is 2.23. The molecule has 0 aliphatic rings. The van der Waals surface area contributed by atoms with Gasteiger partial charge in [-0.3, -0.25) is 4.79 Å². The number of halogens is 1. The number of hydrogen-bond acceptors (Lipinski definition) is 3. The number of carbonyl (C=O) groups excluding carboxylic acids is 1. The fourth-order valence-electron chi connectivity index (χ4n) is 2.18. The minimum absolute atomic E-state index is 0.0327. The molecule has 0 saturated carbocycles. The minimum atomic E-state index is -3.88. The number of carbonyl (C=O) groups is 1. The standard InChI is InChI=1S/C16H17BrN2O3S/c1-9-6-12(8-15(11(9)3)23(18,21)22)16(20)19-13-4-5-14(17)10(2)7-13/h4-8H,1-3H3,(H,19,20)(H2,18,21,22). The van der Waals surface area contributed by atoms with Crippen molar-refractivity contribution in [3.8, 4) is 0 Å². The number of sulfonamides is 1. The molecular formula is C16H17BrN2O3S. The van der Waals surface area contributed by atoms with Crippen LogP contribution >= 0.6 is 15.9 Å². The lowest BCUT2D eigenvalue weighted by Gasteiger charge is -2.11. The van der Waals surface area contributed by atoms with Crippen molar-refractivity contribution in [2.24, 2.45) is 5.14 Å². The molecule has 2 rings (SSSR count). The Morgan fingerprint density at radius 2 is 1.74 bits per heavy atom. The van der Waals surface area contributed by atoms with E-state index in [4.69, 9.17) is 5.14 Å². The van der Waals surface area contributed by atoms with Crippen molar-refractivity contribution in [3.05, 3.63) is 57.1 Å². The molecule has 0 fully saturated rings. The van der Waals surface area contributed by atoms with E-state index in [0.29, 0.717) is 16.8 Å². The average molecular weight is 397 g/mol. The van der Waals surface area contributed by atoms with Crippen LogP contribution in [-0.4, -0.2) is 14.3 Å². The molecule has 0 unspecified atom stereocenters. The molecule has 0 aromatic heterocycles. The van der Waals surface area contributed by atoms with E-state index >= 15 is 0 Å². The lowest BCUT2D eigenvalue weighted by molar-refractivity contribution is 0.102. The Balaban J connectivity index is 2.40. The van der Waals surface area contributed by atoms with Crippen LogP contribution in [0.1, 0.15) is 27.0 Å². The molecule has 2 aromatic carbocycles. The van der Waals surface area contributed by atoms with Crippen LogP contribution in [0.3, 0.4) is 0 Å². The van der Waals surface area contributed by atoms with Crippen LogP contribution in [0.4, 0.5) is 5.69 Å². The van der Waals surface area contributed by atoms with Gasteiger partial charge in [0, 0.05) is 15.7 Å². The molecule has 122 valence electrons. The predicted molar refractivity (Wildman–Crippen MR) is 94.1 cm³/mol. The molecule has 2 aromatic rings. The number of anilines is 1. The Kier molecular flexibility index (Phi) is 4.93. The second kappa shape index (κ2) is 6.43. The monoisotopic (exact) mass is 396 g/mol. The molecule has 5 nitrogen and oxygen atoms in total. The third-order valence-electron chi connectivity index (χ3n) is 3.60. The van der Waals surface area contributed by atoms with Gasteiger partial charge < -0.3 is 5.32 Å². The molecule has 0 aliphatic heterocycles. The van der Waals surface area contributed by atoms with Gasteiger partial charge in [-0.25, -0.2) is 13.6 Å². The lowest BCUT2D eigenvalue weighted by atomic mass is 10.1. The summed E-state index contributed by atoms with van der Waals surface area (Å²) < 4.78 is 24.3. The maximum Gasteiger partial charge on any atom is 0.255 e. The highest BCUT2D eigenvalue weighted by molar-refractivity contribution is 9.10. The van der Waals surface area contributed by atoms with Gasteiger partial charge in [-0.2, -0.15) is 0 Å². The Labute approximate surface area is 144 Å². The van der Waals surface area contributed by atoms with Crippen LogP contribution in [-0.2, 0) is 10.0 Å². The number of benzene rings is 2. The first-order chi connectivity index (χ1) is 10.6. The highest BCUT2D eigenvalue weighted by atomic mass is 79.9. The summed E-state index contributed by atoms with van der Waals surface area (Å²) in [6, 6.07) is 8.37. The van der Waals surface area contributed by atoms with Gasteiger partial charge in [0.05, 0.1) is 4.90 Å². The molecule has 0 spiro atoms. The summed E-state index contributed by atoms with van der Waals surface area (Å²) in [7, 11) is -3.88. The van der Waals surface area contributed by atoms with E-state index in [0.717, 1.165) is 10.0 Å². The maximum atomic E-state index is 12.4. The Morgan fingerprint density at radius 3 is 2.30 bits per heavy atom. The topological polar surface area (TPSA) is 89.3 Å². The van der Waals surface area contributed by atoms with Crippen molar-refractivity contribution < 1.29 is 13.2 Å². The van der Waals surface area contributed by atoms with Gasteiger partial charge in [0.2, 0.25) is 10.0 Å². The van der Waals surface area contributed by atoms with E-state index in [1.807, 2.05) is 19.1 Å². The van der Waals surface area contributed by atoms with Gasteiger partial charge in [0.1, 0.15) is 0 Å². The molecule has 0 heterocycles. The molecular weight excluding hydrogens is 380 g/mol. The van der Waals surface area contributed by atoms with Crippen molar-refractivity contribution in [2.45, 2.75) is 25.7 Å². The quantitative estimate of drug-likeness (QED) is 0.833. The van der Waals surface area contributed by atoms with Gasteiger partial charge in [0.25, 0.3) is 5.91 Å². The fraction of sp³-hybridized carbons (Fsp3) is 0.188. The van der Waals surface area contributed by atoms with Crippen molar-refractivity contribution in [1.29, 1.82) is 0 Å².